The summed E-state index contributed by atoms with van der Waals surface area (Å²) in [7, 11) is 0. The molecule has 1 aromatic rings. The lowest BCUT2D eigenvalue weighted by Crippen LogP contribution is -2.38. The van der Waals surface area contributed by atoms with Crippen LogP contribution in [0.25, 0.3) is 0 Å². The standard InChI is InChI=1S/C17H27N3O/c1-13(2)11-19-12-14-3-5-16(6-4-14)20-9-7-15(8-10-20)17(18)21/h3-6,13,15,19H,7-12H2,1-2H3,(H2,18,21). The highest BCUT2D eigenvalue weighted by molar-refractivity contribution is 5.77. The van der Waals surface area contributed by atoms with Crippen molar-refractivity contribution >= 4 is 11.6 Å². The van der Waals surface area contributed by atoms with Crippen molar-refractivity contribution in [3.05, 3.63) is 29.8 Å². The molecule has 1 saturated heterocycles. The van der Waals surface area contributed by atoms with Gasteiger partial charge >= 0.3 is 0 Å². The molecule has 1 aromatic carbocycles. The van der Waals surface area contributed by atoms with Gasteiger partial charge in [0.1, 0.15) is 0 Å². The first-order chi connectivity index (χ1) is 10.1. The topological polar surface area (TPSA) is 58.4 Å². The molecule has 21 heavy (non-hydrogen) atoms. The lowest BCUT2D eigenvalue weighted by Gasteiger charge is -2.32. The lowest BCUT2D eigenvalue weighted by atomic mass is 9.96. The number of rotatable bonds is 6. The van der Waals surface area contributed by atoms with Crippen LogP contribution < -0.4 is 16.0 Å². The minimum Gasteiger partial charge on any atom is -0.371 e. The van der Waals surface area contributed by atoms with Crippen LogP contribution in [0.2, 0.25) is 0 Å². The van der Waals surface area contributed by atoms with E-state index in [1.807, 2.05) is 0 Å². The predicted molar refractivity (Wildman–Crippen MR) is 87.1 cm³/mol. The Bertz CT molecular complexity index is 448. The molecule has 0 spiro atoms. The molecule has 116 valence electrons. The summed E-state index contributed by atoms with van der Waals surface area (Å²) in [5.74, 6) is 0.581. The predicted octanol–water partition coefficient (Wildman–Crippen LogP) is 2.13. The largest absolute Gasteiger partial charge is 0.371 e. The highest BCUT2D eigenvalue weighted by Gasteiger charge is 2.23. The fraction of sp³-hybridized carbons (Fsp3) is 0.588. The van der Waals surface area contributed by atoms with E-state index < -0.39 is 0 Å². The van der Waals surface area contributed by atoms with Gasteiger partial charge in [0.05, 0.1) is 0 Å². The van der Waals surface area contributed by atoms with Crippen LogP contribution in [0.4, 0.5) is 5.69 Å². The molecule has 0 aromatic heterocycles. The maximum Gasteiger partial charge on any atom is 0.220 e. The second kappa shape index (κ2) is 7.46. The summed E-state index contributed by atoms with van der Waals surface area (Å²) in [5.41, 5.74) is 7.93. The summed E-state index contributed by atoms with van der Waals surface area (Å²) < 4.78 is 0. The van der Waals surface area contributed by atoms with Crippen molar-refractivity contribution in [1.29, 1.82) is 0 Å². The molecule has 4 nitrogen and oxygen atoms in total. The van der Waals surface area contributed by atoms with Gasteiger partial charge in [-0.15, -0.1) is 0 Å². The average Bonchev–Trinajstić information content (AvgIpc) is 2.48. The van der Waals surface area contributed by atoms with Crippen molar-refractivity contribution in [2.45, 2.75) is 33.2 Å². The highest BCUT2D eigenvalue weighted by Crippen LogP contribution is 2.23. The number of nitrogens with two attached hydrogens (primary N) is 1. The number of carbonyl (C=O) groups is 1. The maximum atomic E-state index is 11.2. The van der Waals surface area contributed by atoms with Gasteiger partial charge in [0, 0.05) is 31.2 Å². The van der Waals surface area contributed by atoms with E-state index in [4.69, 9.17) is 5.73 Å². The third kappa shape index (κ3) is 4.74. The molecule has 0 radical (unpaired) electrons. The lowest BCUT2D eigenvalue weighted by molar-refractivity contribution is -0.122. The van der Waals surface area contributed by atoms with Crippen LogP contribution >= 0.6 is 0 Å². The number of carbonyl (C=O) groups excluding carboxylic acids is 1. The van der Waals surface area contributed by atoms with Crippen molar-refractivity contribution in [2.24, 2.45) is 17.6 Å². The Kier molecular flexibility index (Phi) is 5.62. The summed E-state index contributed by atoms with van der Waals surface area (Å²) in [6.07, 6.45) is 1.74. The Balaban J connectivity index is 1.84. The molecule has 0 bridgehead atoms. The molecule has 3 N–H and O–H groups in total. The van der Waals surface area contributed by atoms with Gasteiger partial charge in [-0.2, -0.15) is 0 Å². The maximum absolute atomic E-state index is 11.2. The molecule has 1 aliphatic rings. The monoisotopic (exact) mass is 289 g/mol. The van der Waals surface area contributed by atoms with Crippen molar-refractivity contribution in [1.82, 2.24) is 5.32 Å². The first-order valence-electron chi connectivity index (χ1n) is 7.90. The van der Waals surface area contributed by atoms with Crippen LogP contribution in [-0.4, -0.2) is 25.5 Å². The van der Waals surface area contributed by atoms with Crippen molar-refractivity contribution in [3.8, 4) is 0 Å². The third-order valence-corrected chi connectivity index (χ3v) is 4.08. The van der Waals surface area contributed by atoms with Crippen LogP contribution in [0.5, 0.6) is 0 Å². The molecule has 1 heterocycles. The number of anilines is 1. The van der Waals surface area contributed by atoms with E-state index in [2.05, 4.69) is 48.3 Å². The number of piperidine rings is 1. The number of hydrogen-bond acceptors (Lipinski definition) is 3. The van der Waals surface area contributed by atoms with E-state index in [1.54, 1.807) is 0 Å². The van der Waals surface area contributed by atoms with Gasteiger partial charge in [0.2, 0.25) is 5.91 Å². The zero-order valence-corrected chi connectivity index (χ0v) is 13.1. The number of nitrogens with zero attached hydrogens (tertiary/aromatic N) is 1. The van der Waals surface area contributed by atoms with Gasteiger partial charge in [-0.1, -0.05) is 26.0 Å². The molecule has 0 atom stereocenters. The van der Waals surface area contributed by atoms with Crippen molar-refractivity contribution in [2.75, 3.05) is 24.5 Å². The van der Waals surface area contributed by atoms with E-state index in [-0.39, 0.29) is 11.8 Å². The summed E-state index contributed by atoms with van der Waals surface area (Å²) in [4.78, 5) is 13.5. The number of benzene rings is 1. The van der Waals surface area contributed by atoms with Gasteiger partial charge in [0.25, 0.3) is 0 Å². The molecular weight excluding hydrogens is 262 g/mol. The molecule has 1 amide bonds. The molecule has 2 rings (SSSR count). The van der Waals surface area contributed by atoms with E-state index in [0.29, 0.717) is 5.92 Å². The minimum atomic E-state index is -0.152. The Morgan fingerprint density at radius 1 is 1.29 bits per heavy atom. The molecular formula is C17H27N3O. The molecule has 1 aliphatic heterocycles. The second-order valence-corrected chi connectivity index (χ2v) is 6.35. The number of primary amides is 1. The molecule has 0 aliphatic carbocycles. The fourth-order valence-electron chi connectivity index (χ4n) is 2.75. The van der Waals surface area contributed by atoms with E-state index in [9.17, 15) is 4.79 Å². The fourth-order valence-corrected chi connectivity index (χ4v) is 2.75. The summed E-state index contributed by atoms with van der Waals surface area (Å²) in [6, 6.07) is 8.72. The van der Waals surface area contributed by atoms with Crippen molar-refractivity contribution in [3.63, 3.8) is 0 Å². The smallest absolute Gasteiger partial charge is 0.220 e. The third-order valence-electron chi connectivity index (χ3n) is 4.08. The van der Waals surface area contributed by atoms with Gasteiger partial charge in [-0.05, 0) is 43.0 Å². The van der Waals surface area contributed by atoms with Gasteiger partial charge in [0.15, 0.2) is 0 Å². The average molecular weight is 289 g/mol. The molecule has 0 unspecified atom stereocenters. The van der Waals surface area contributed by atoms with Crippen LogP contribution in [-0.2, 0) is 11.3 Å². The van der Waals surface area contributed by atoms with Crippen LogP contribution in [0.1, 0.15) is 32.3 Å². The first kappa shape index (κ1) is 15.8. The first-order valence-corrected chi connectivity index (χ1v) is 7.90. The van der Waals surface area contributed by atoms with Gasteiger partial charge < -0.3 is 16.0 Å². The summed E-state index contributed by atoms with van der Waals surface area (Å²) in [6.45, 7) is 8.22. The quantitative estimate of drug-likeness (QED) is 0.843. The SMILES string of the molecule is CC(C)CNCc1ccc(N2CCC(C(N)=O)CC2)cc1. The summed E-state index contributed by atoms with van der Waals surface area (Å²) >= 11 is 0. The number of nitrogens with one attached hydrogen (secondary N) is 1. The molecule has 4 heteroatoms. The Morgan fingerprint density at radius 3 is 2.43 bits per heavy atom. The normalized spacial score (nSPS) is 16.4. The Hall–Kier alpha value is -1.55. The molecule has 0 saturated carbocycles. The second-order valence-electron chi connectivity index (χ2n) is 6.35. The minimum absolute atomic E-state index is 0.0563. The summed E-state index contributed by atoms with van der Waals surface area (Å²) in [5, 5.41) is 3.45. The van der Waals surface area contributed by atoms with Crippen molar-refractivity contribution < 1.29 is 4.79 Å². The van der Waals surface area contributed by atoms with Crippen LogP contribution in [0.3, 0.4) is 0 Å². The van der Waals surface area contributed by atoms with Gasteiger partial charge in [-0.3, -0.25) is 4.79 Å². The van der Waals surface area contributed by atoms with Gasteiger partial charge in [-0.25, -0.2) is 0 Å². The van der Waals surface area contributed by atoms with E-state index in [1.165, 1.54) is 11.3 Å². The number of hydrogen-bond donors (Lipinski definition) is 2. The zero-order chi connectivity index (χ0) is 15.2. The van der Waals surface area contributed by atoms with E-state index in [0.717, 1.165) is 39.0 Å². The highest BCUT2D eigenvalue weighted by atomic mass is 16.1. The van der Waals surface area contributed by atoms with Crippen LogP contribution in [0, 0.1) is 11.8 Å². The Labute approximate surface area is 127 Å². The molecule has 1 fully saturated rings. The van der Waals surface area contributed by atoms with E-state index >= 15 is 0 Å². The Morgan fingerprint density at radius 2 is 1.90 bits per heavy atom. The van der Waals surface area contributed by atoms with Crippen LogP contribution in [0.15, 0.2) is 24.3 Å². The zero-order valence-electron chi connectivity index (χ0n) is 13.1. The number of amides is 1.